The molecule has 0 aromatic carbocycles. The Kier molecular flexibility index (Phi) is 11.3. The van der Waals surface area contributed by atoms with E-state index in [4.69, 9.17) is 0.594 Å². The number of rotatable bonds is 2. The van der Waals surface area contributed by atoms with E-state index in [1.54, 1.807) is 0 Å². The third-order valence-electron chi connectivity index (χ3n) is 0.122. The molecule has 0 aromatic heterocycles. The molecule has 0 aliphatic carbocycles. The van der Waals surface area contributed by atoms with Gasteiger partial charge in [-0.1, -0.05) is 0 Å². The second-order valence-corrected chi connectivity index (χ2v) is 114. The van der Waals surface area contributed by atoms with Gasteiger partial charge in [-0.05, 0) is 0 Å². The maximum absolute atomic E-state index is 7.55. The SMILES string of the molecule is [2H]I(I)I(I)I(I)I. The van der Waals surface area contributed by atoms with Crippen LogP contribution < -0.4 is 0 Å². The molecule has 7 heavy (non-hydrogen) atoms. The molecule has 0 aromatic rings. The van der Waals surface area contributed by atoms with Crippen LogP contribution in [0, 0.1) is 0 Å². The standard InChI is InChI=1S/HI7/c1-5-7(4)6(2)3/h5H/i5D. The van der Waals surface area contributed by atoms with Gasteiger partial charge in [0.15, 0.2) is 0 Å². The summed E-state index contributed by atoms with van der Waals surface area (Å²) in [5.41, 5.74) is 0. The van der Waals surface area contributed by atoms with Gasteiger partial charge in [-0.25, -0.2) is 0 Å². The van der Waals surface area contributed by atoms with Crippen molar-refractivity contribution in [3.63, 3.8) is 0 Å². The molecule has 0 heterocycles. The zero-order valence-corrected chi connectivity index (χ0v) is 17.7. The summed E-state index contributed by atoms with van der Waals surface area (Å²) in [6.07, 6.45) is 0. The Balaban J connectivity index is 3.46. The fourth-order valence-corrected chi connectivity index (χ4v) is 210. The minimum atomic E-state index is -1.05. The molecule has 0 amide bonds. The van der Waals surface area contributed by atoms with E-state index in [2.05, 4.69) is 74.5 Å². The van der Waals surface area contributed by atoms with E-state index in [1.807, 2.05) is 0 Å². The van der Waals surface area contributed by atoms with E-state index < -0.39 is 28.8 Å². The van der Waals surface area contributed by atoms with Crippen LogP contribution in [0.15, 0.2) is 0 Å². The molecule has 0 rings (SSSR count). The molecular formula is HI7. The molecule has 0 saturated carbocycles. The van der Waals surface area contributed by atoms with Crippen molar-refractivity contribution < 1.29 is 0 Å². The van der Waals surface area contributed by atoms with Crippen molar-refractivity contribution in [3.05, 3.63) is 0 Å². The molecule has 0 radical (unpaired) electrons. The minimum absolute atomic E-state index is 0.514. The Hall–Kier alpha value is 5.11. The summed E-state index contributed by atoms with van der Waals surface area (Å²) < 4.78 is 7.55. The van der Waals surface area contributed by atoms with Crippen molar-refractivity contribution in [2.24, 2.45) is 0 Å². The van der Waals surface area contributed by atoms with Crippen molar-refractivity contribution in [1.82, 2.24) is 0 Å². The van der Waals surface area contributed by atoms with Gasteiger partial charge >= 0.3 is 104 Å². The molecule has 0 unspecified atom stereocenters. The van der Waals surface area contributed by atoms with Crippen molar-refractivity contribution in [1.29, 1.82) is 0.594 Å². The molecule has 0 N–H and O–H groups in total. The van der Waals surface area contributed by atoms with E-state index in [9.17, 15) is 0 Å². The summed E-state index contributed by atoms with van der Waals surface area (Å²) >= 11 is 9.16. The summed E-state index contributed by atoms with van der Waals surface area (Å²) in [5.74, 6) is 0. The third kappa shape index (κ3) is 7.47. The molecule has 0 fully saturated rings. The molecule has 0 nitrogen and oxygen atoms in total. The predicted octanol–water partition coefficient (Wildman–Crippen LogP) is 5.93. The van der Waals surface area contributed by atoms with Crippen LogP contribution in [0.1, 0.15) is 0 Å². The van der Waals surface area contributed by atoms with Crippen LogP contribution in [0.3, 0.4) is 0 Å². The predicted molar refractivity (Wildman–Crippen MR) is 99.5 cm³/mol. The van der Waals surface area contributed by atoms with Gasteiger partial charge < -0.3 is 0 Å². The fourth-order valence-electron chi connectivity index (χ4n) is 0.0154. The van der Waals surface area contributed by atoms with Crippen LogP contribution in [0.2, 0.25) is 0 Å². The Morgan fingerprint density at radius 3 is 1.86 bits per heavy atom. The van der Waals surface area contributed by atoms with Crippen molar-refractivity contribution >= 4 is 103 Å². The Morgan fingerprint density at radius 1 is 1.43 bits per heavy atom. The average molecular weight is 890 g/mol. The Bertz CT molecular complexity index is 49.4. The molecule has 0 bridgehead atoms. The summed E-state index contributed by atoms with van der Waals surface area (Å²) in [6, 6.07) is 0. The van der Waals surface area contributed by atoms with E-state index >= 15 is 0 Å². The van der Waals surface area contributed by atoms with E-state index in [0.29, 0.717) is 0 Å². The first-order valence-corrected chi connectivity index (χ1v) is 38.6. The fraction of sp³-hybridized carbons (Fsp3) is 0. The monoisotopic (exact) mass is 890 g/mol. The second kappa shape index (κ2) is 7.74. The quantitative estimate of drug-likeness (QED) is 0.302. The number of hydrogen-bond donors (Lipinski definition) is 0. The Labute approximate surface area is 99.5 Å². The molecule has 7 heteroatoms. The Morgan fingerprint density at radius 2 is 1.86 bits per heavy atom. The average Bonchev–Trinajstić information content (AvgIpc) is 1.64. The van der Waals surface area contributed by atoms with Gasteiger partial charge in [0.1, 0.15) is 0 Å². The number of halogens is 7. The topological polar surface area (TPSA) is 0 Å². The zero-order valence-electron chi connectivity index (χ0n) is 3.65. The van der Waals surface area contributed by atoms with Gasteiger partial charge in [-0.3, -0.25) is 0 Å². The molecule has 0 spiro atoms. The molecule has 0 atom stereocenters. The molecule has 50 valence electrons. The van der Waals surface area contributed by atoms with Crippen molar-refractivity contribution in [2.45, 2.75) is 0 Å². The van der Waals surface area contributed by atoms with E-state index in [1.165, 1.54) is 0 Å². The summed E-state index contributed by atoms with van der Waals surface area (Å²) in [6.45, 7) is 0. The first-order valence-electron chi connectivity index (χ1n) is 1.24. The molecule has 0 aliphatic heterocycles. The van der Waals surface area contributed by atoms with Gasteiger partial charge in [0.2, 0.25) is 0 Å². The first-order chi connectivity index (χ1) is 3.55. The van der Waals surface area contributed by atoms with Crippen LogP contribution in [-0.2, 0) is 0 Å². The number of hydrogen-bond acceptors (Lipinski definition) is 0. The van der Waals surface area contributed by atoms with Crippen LogP contribution in [-0.4, -0.2) is 0.594 Å². The van der Waals surface area contributed by atoms with Crippen LogP contribution >= 0.6 is 103 Å². The van der Waals surface area contributed by atoms with Crippen LogP contribution in [0.5, 0.6) is 0 Å². The van der Waals surface area contributed by atoms with Gasteiger partial charge in [-0.2, -0.15) is 0 Å². The normalized spacial score (nSPS) is 17.7. The zero-order chi connectivity index (χ0) is 6.73. The van der Waals surface area contributed by atoms with Crippen LogP contribution in [0.4, 0.5) is 0 Å². The van der Waals surface area contributed by atoms with Gasteiger partial charge in [0.25, 0.3) is 0 Å². The first kappa shape index (κ1) is 10.2. The van der Waals surface area contributed by atoms with Crippen molar-refractivity contribution in [3.8, 4) is 0 Å². The molecule has 0 aliphatic rings. The summed E-state index contributed by atoms with van der Waals surface area (Å²) in [5, 5.41) is 0. The van der Waals surface area contributed by atoms with Gasteiger partial charge in [0.05, 0.1) is 0 Å². The van der Waals surface area contributed by atoms with Crippen LogP contribution in [0.25, 0.3) is 0 Å². The van der Waals surface area contributed by atoms with Gasteiger partial charge in [-0.15, -0.1) is 0 Å². The molecular weight excluding hydrogens is 888 g/mol. The van der Waals surface area contributed by atoms with E-state index in [-0.39, 0.29) is 0 Å². The maximum atomic E-state index is 7.55. The second-order valence-electron chi connectivity index (χ2n) is 0.378. The van der Waals surface area contributed by atoms with Gasteiger partial charge in [0, 0.05) is 0 Å². The van der Waals surface area contributed by atoms with E-state index in [0.717, 1.165) is 0 Å². The van der Waals surface area contributed by atoms with Crippen molar-refractivity contribution in [2.75, 3.05) is 0 Å². The third-order valence-corrected chi connectivity index (χ3v) is 248. The molecule has 0 saturated heterocycles. The summed E-state index contributed by atoms with van der Waals surface area (Å²) in [4.78, 5) is 0. The summed E-state index contributed by atoms with van der Waals surface area (Å²) in [7, 11) is -1.11.